The first-order chi connectivity index (χ1) is 9.01. The fourth-order valence-electron chi connectivity index (χ4n) is 1.90. The van der Waals surface area contributed by atoms with Crippen LogP contribution in [0, 0.1) is 6.92 Å². The molecule has 0 aliphatic heterocycles. The smallest absolute Gasteiger partial charge is 0.226 e. The Morgan fingerprint density at radius 1 is 1.21 bits per heavy atom. The van der Waals surface area contributed by atoms with Crippen molar-refractivity contribution in [2.24, 2.45) is 0 Å². The van der Waals surface area contributed by atoms with E-state index in [1.54, 1.807) is 0 Å². The van der Waals surface area contributed by atoms with Gasteiger partial charge >= 0.3 is 0 Å². The van der Waals surface area contributed by atoms with E-state index in [1.165, 1.54) is 19.3 Å². The van der Waals surface area contributed by atoms with Gasteiger partial charge in [-0.25, -0.2) is 4.98 Å². The van der Waals surface area contributed by atoms with Gasteiger partial charge in [-0.1, -0.05) is 26.2 Å². The van der Waals surface area contributed by atoms with E-state index in [2.05, 4.69) is 29.1 Å². The second-order valence-electron chi connectivity index (χ2n) is 5.38. The first kappa shape index (κ1) is 15.7. The van der Waals surface area contributed by atoms with Crippen molar-refractivity contribution in [3.8, 4) is 5.88 Å². The van der Waals surface area contributed by atoms with Crippen LogP contribution in [0.3, 0.4) is 0 Å². The van der Waals surface area contributed by atoms with Gasteiger partial charge in [0.2, 0.25) is 11.8 Å². The van der Waals surface area contributed by atoms with Gasteiger partial charge in [0.25, 0.3) is 0 Å². The van der Waals surface area contributed by atoms with Crippen molar-refractivity contribution in [3.05, 3.63) is 11.8 Å². The molecule has 1 N–H and O–H groups in total. The summed E-state index contributed by atoms with van der Waals surface area (Å²) in [5.41, 5.74) is 0.925. The fraction of sp³-hybridized carbons (Fsp3) is 0.733. The van der Waals surface area contributed by atoms with E-state index in [4.69, 9.17) is 4.74 Å². The van der Waals surface area contributed by atoms with Crippen molar-refractivity contribution < 1.29 is 4.74 Å². The molecule has 0 saturated carbocycles. The summed E-state index contributed by atoms with van der Waals surface area (Å²) in [4.78, 5) is 8.80. The van der Waals surface area contributed by atoms with E-state index in [-0.39, 0.29) is 6.10 Å². The van der Waals surface area contributed by atoms with Gasteiger partial charge in [-0.2, -0.15) is 4.98 Å². The molecule has 1 rings (SSSR count). The maximum Gasteiger partial charge on any atom is 0.226 e. The Labute approximate surface area is 117 Å². The van der Waals surface area contributed by atoms with Crippen LogP contribution < -0.4 is 10.1 Å². The second-order valence-corrected chi connectivity index (χ2v) is 5.38. The SMILES string of the molecule is CCCCCC(C)Nc1nc(C)cc(OC(C)C)n1. The van der Waals surface area contributed by atoms with Crippen LogP contribution in [0.15, 0.2) is 6.07 Å². The third-order valence-corrected chi connectivity index (χ3v) is 2.80. The average molecular weight is 265 g/mol. The third kappa shape index (κ3) is 6.41. The predicted molar refractivity (Wildman–Crippen MR) is 79.8 cm³/mol. The number of nitrogens with zero attached hydrogens (tertiary/aromatic N) is 2. The van der Waals surface area contributed by atoms with Gasteiger partial charge in [-0.15, -0.1) is 0 Å². The minimum absolute atomic E-state index is 0.129. The lowest BCUT2D eigenvalue weighted by atomic mass is 10.1. The molecule has 0 spiro atoms. The minimum Gasteiger partial charge on any atom is -0.475 e. The van der Waals surface area contributed by atoms with E-state index < -0.39 is 0 Å². The Bertz CT molecular complexity index is 380. The van der Waals surface area contributed by atoms with Crippen LogP contribution in [0.2, 0.25) is 0 Å². The number of aromatic nitrogens is 2. The number of anilines is 1. The lowest BCUT2D eigenvalue weighted by Gasteiger charge is -2.15. The van der Waals surface area contributed by atoms with E-state index in [9.17, 15) is 0 Å². The zero-order chi connectivity index (χ0) is 14.3. The van der Waals surface area contributed by atoms with Crippen molar-refractivity contribution in [3.63, 3.8) is 0 Å². The molecule has 1 heterocycles. The summed E-state index contributed by atoms with van der Waals surface area (Å²) in [6, 6.07) is 2.26. The molecule has 0 fully saturated rings. The molecule has 1 unspecified atom stereocenters. The standard InChI is InChI=1S/C15H27N3O/c1-6-7-8-9-12(4)16-15-17-13(5)10-14(18-15)19-11(2)3/h10-12H,6-9H2,1-5H3,(H,16,17,18). The first-order valence-corrected chi connectivity index (χ1v) is 7.30. The zero-order valence-corrected chi connectivity index (χ0v) is 12.9. The van der Waals surface area contributed by atoms with E-state index in [1.807, 2.05) is 26.8 Å². The monoisotopic (exact) mass is 265 g/mol. The molecule has 4 nitrogen and oxygen atoms in total. The summed E-state index contributed by atoms with van der Waals surface area (Å²) in [7, 11) is 0. The molecule has 0 bridgehead atoms. The Morgan fingerprint density at radius 3 is 2.58 bits per heavy atom. The third-order valence-electron chi connectivity index (χ3n) is 2.80. The Hall–Kier alpha value is -1.32. The molecular weight excluding hydrogens is 238 g/mol. The summed E-state index contributed by atoms with van der Waals surface area (Å²) in [6.07, 6.45) is 5.05. The van der Waals surface area contributed by atoms with Crippen molar-refractivity contribution in [1.82, 2.24) is 9.97 Å². The Kier molecular flexibility index (Phi) is 6.60. The molecular formula is C15H27N3O. The number of nitrogens with one attached hydrogen (secondary N) is 1. The summed E-state index contributed by atoms with van der Waals surface area (Å²) in [5, 5.41) is 3.35. The summed E-state index contributed by atoms with van der Waals surface area (Å²) in [6.45, 7) is 10.3. The highest BCUT2D eigenvalue weighted by atomic mass is 16.5. The highest BCUT2D eigenvalue weighted by Crippen LogP contribution is 2.15. The molecule has 0 saturated heterocycles. The van der Waals surface area contributed by atoms with E-state index >= 15 is 0 Å². The van der Waals surface area contributed by atoms with Gasteiger partial charge in [0.1, 0.15) is 0 Å². The van der Waals surface area contributed by atoms with Crippen molar-refractivity contribution >= 4 is 5.95 Å². The Balaban J connectivity index is 2.59. The van der Waals surface area contributed by atoms with Crippen LogP contribution in [0.5, 0.6) is 5.88 Å². The highest BCUT2D eigenvalue weighted by molar-refractivity contribution is 5.31. The molecule has 1 aromatic rings. The van der Waals surface area contributed by atoms with Crippen LogP contribution in [0.25, 0.3) is 0 Å². The summed E-state index contributed by atoms with van der Waals surface area (Å²) in [5.74, 6) is 1.31. The summed E-state index contributed by atoms with van der Waals surface area (Å²) >= 11 is 0. The molecule has 0 aliphatic rings. The van der Waals surface area contributed by atoms with Crippen LogP contribution in [0.1, 0.15) is 59.1 Å². The highest BCUT2D eigenvalue weighted by Gasteiger charge is 2.08. The van der Waals surface area contributed by atoms with Gasteiger partial charge in [0.05, 0.1) is 6.10 Å². The molecule has 1 aromatic heterocycles. The molecule has 4 heteroatoms. The largest absolute Gasteiger partial charge is 0.475 e. The Morgan fingerprint density at radius 2 is 1.95 bits per heavy atom. The zero-order valence-electron chi connectivity index (χ0n) is 12.9. The minimum atomic E-state index is 0.129. The number of rotatable bonds is 8. The van der Waals surface area contributed by atoms with Gasteiger partial charge in [0, 0.05) is 17.8 Å². The number of hydrogen-bond donors (Lipinski definition) is 1. The molecule has 0 amide bonds. The molecule has 1 atom stereocenters. The number of hydrogen-bond acceptors (Lipinski definition) is 4. The maximum absolute atomic E-state index is 5.62. The van der Waals surface area contributed by atoms with Gasteiger partial charge in [-0.05, 0) is 34.1 Å². The van der Waals surface area contributed by atoms with Crippen molar-refractivity contribution in [1.29, 1.82) is 0 Å². The number of aryl methyl sites for hydroxylation is 1. The van der Waals surface area contributed by atoms with Crippen molar-refractivity contribution in [2.75, 3.05) is 5.32 Å². The molecule has 108 valence electrons. The van der Waals surface area contributed by atoms with Crippen LogP contribution in [0.4, 0.5) is 5.95 Å². The van der Waals surface area contributed by atoms with Crippen LogP contribution >= 0.6 is 0 Å². The fourth-order valence-corrected chi connectivity index (χ4v) is 1.90. The van der Waals surface area contributed by atoms with Crippen LogP contribution in [-0.2, 0) is 0 Å². The quantitative estimate of drug-likeness (QED) is 0.723. The van der Waals surface area contributed by atoms with E-state index in [0.717, 1.165) is 12.1 Å². The van der Waals surface area contributed by atoms with Gasteiger partial charge in [0.15, 0.2) is 0 Å². The van der Waals surface area contributed by atoms with E-state index in [0.29, 0.717) is 17.9 Å². The average Bonchev–Trinajstić information content (AvgIpc) is 2.27. The number of ether oxygens (including phenoxy) is 1. The molecule has 19 heavy (non-hydrogen) atoms. The van der Waals surface area contributed by atoms with Crippen molar-refractivity contribution in [2.45, 2.75) is 72.4 Å². The molecule has 0 radical (unpaired) electrons. The van der Waals surface area contributed by atoms with Gasteiger partial charge in [-0.3, -0.25) is 0 Å². The maximum atomic E-state index is 5.62. The molecule has 0 aliphatic carbocycles. The molecule has 0 aromatic carbocycles. The number of unbranched alkanes of at least 4 members (excludes halogenated alkanes) is 2. The first-order valence-electron chi connectivity index (χ1n) is 7.30. The second kappa shape index (κ2) is 7.97. The van der Waals surface area contributed by atoms with Gasteiger partial charge < -0.3 is 10.1 Å². The lowest BCUT2D eigenvalue weighted by Crippen LogP contribution is -2.18. The summed E-state index contributed by atoms with van der Waals surface area (Å²) < 4.78 is 5.62. The van der Waals surface area contributed by atoms with Crippen LogP contribution in [-0.4, -0.2) is 22.1 Å². The topological polar surface area (TPSA) is 47.0 Å². The normalized spacial score (nSPS) is 12.5. The lowest BCUT2D eigenvalue weighted by molar-refractivity contribution is 0.232. The predicted octanol–water partition coefficient (Wildman–Crippen LogP) is 3.95.